The van der Waals surface area contributed by atoms with Gasteiger partial charge in [-0.25, -0.2) is 0 Å². The molecule has 2 aromatic rings. The van der Waals surface area contributed by atoms with Crippen LogP contribution in [0.5, 0.6) is 0 Å². The molecule has 0 amide bonds. The van der Waals surface area contributed by atoms with Gasteiger partial charge in [-0.1, -0.05) is 12.1 Å². The van der Waals surface area contributed by atoms with Gasteiger partial charge in [-0.15, -0.1) is 11.8 Å². The Kier molecular flexibility index (Phi) is 11.6. The molecular weight excluding hydrogens is 384 g/mol. The molecule has 0 aliphatic heterocycles. The summed E-state index contributed by atoms with van der Waals surface area (Å²) in [5, 5.41) is 0.324. The molecule has 136 valence electrons. The number of thioether (sulfide) groups is 4. The fraction of sp³-hybridized carbons (Fsp3) is 0.474. The predicted octanol–water partition coefficient (Wildman–Crippen LogP) is 5.52. The third-order valence-corrected chi connectivity index (χ3v) is 8.08. The Balaban J connectivity index is 1.69. The van der Waals surface area contributed by atoms with E-state index in [1.54, 1.807) is 0 Å². The smallest absolute Gasteiger partial charge is 0.0577 e. The number of pyridine rings is 2. The lowest BCUT2D eigenvalue weighted by atomic mass is 10.1. The Labute approximate surface area is 169 Å². The molecule has 0 radical (unpaired) electrons. The molecule has 0 atom stereocenters. The second kappa shape index (κ2) is 13.8. The van der Waals surface area contributed by atoms with Crippen LogP contribution in [0.15, 0.2) is 49.1 Å². The first-order chi connectivity index (χ1) is 12.4. The lowest BCUT2D eigenvalue weighted by Gasteiger charge is -2.16. The average molecular weight is 411 g/mol. The molecule has 25 heavy (non-hydrogen) atoms. The molecular formula is C19H26N2S4. The third kappa shape index (κ3) is 8.76. The van der Waals surface area contributed by atoms with Gasteiger partial charge in [0, 0.05) is 47.8 Å². The van der Waals surface area contributed by atoms with E-state index in [9.17, 15) is 0 Å². The summed E-state index contributed by atoms with van der Waals surface area (Å²) in [4.78, 5) is 8.58. The van der Waals surface area contributed by atoms with E-state index in [4.69, 9.17) is 0 Å². The second-order valence-corrected chi connectivity index (χ2v) is 10.0. The summed E-state index contributed by atoms with van der Waals surface area (Å²) in [6.07, 6.45) is 11.1. The number of hydrogen-bond acceptors (Lipinski definition) is 6. The van der Waals surface area contributed by atoms with Crippen LogP contribution < -0.4 is 0 Å². The van der Waals surface area contributed by atoms with Crippen LogP contribution >= 0.6 is 47.0 Å². The lowest BCUT2D eigenvalue weighted by molar-refractivity contribution is 1.09. The molecule has 6 heteroatoms. The highest BCUT2D eigenvalue weighted by molar-refractivity contribution is 8.03. The fourth-order valence-corrected chi connectivity index (χ4v) is 6.46. The molecule has 2 nitrogen and oxygen atoms in total. The van der Waals surface area contributed by atoms with E-state index in [1.807, 2.05) is 60.4 Å². The minimum Gasteiger partial charge on any atom is -0.264 e. The van der Waals surface area contributed by atoms with Gasteiger partial charge in [0.1, 0.15) is 0 Å². The molecule has 0 bridgehead atoms. The Morgan fingerprint density at radius 1 is 0.800 bits per heavy atom. The van der Waals surface area contributed by atoms with Crippen LogP contribution in [0.4, 0.5) is 0 Å². The SMILES string of the molecule is CSCCSCCCSCCSC(c1cccnc1)c1cccnc1. The molecule has 0 aromatic carbocycles. The van der Waals surface area contributed by atoms with E-state index in [1.165, 1.54) is 46.3 Å². The van der Waals surface area contributed by atoms with Gasteiger partial charge in [0.15, 0.2) is 0 Å². The summed E-state index contributed by atoms with van der Waals surface area (Å²) in [6.45, 7) is 0. The molecule has 0 N–H and O–H groups in total. The van der Waals surface area contributed by atoms with Gasteiger partial charge >= 0.3 is 0 Å². The van der Waals surface area contributed by atoms with Crippen LogP contribution in [-0.4, -0.2) is 50.7 Å². The van der Waals surface area contributed by atoms with Crippen molar-refractivity contribution in [3.63, 3.8) is 0 Å². The quantitative estimate of drug-likeness (QED) is 0.403. The molecule has 0 aliphatic rings. The Morgan fingerprint density at radius 3 is 1.92 bits per heavy atom. The summed E-state index contributed by atoms with van der Waals surface area (Å²) in [5.74, 6) is 7.50. The molecule has 0 fully saturated rings. The van der Waals surface area contributed by atoms with E-state index in [0.717, 1.165) is 5.75 Å². The van der Waals surface area contributed by atoms with Crippen LogP contribution in [0.25, 0.3) is 0 Å². The standard InChI is InChI=1S/C19H26N2S4/c1-22-11-12-23-9-4-10-24-13-14-25-19(17-5-2-7-20-15-17)18-6-3-8-21-16-18/h2-3,5-8,15-16,19H,4,9-14H2,1H3. The van der Waals surface area contributed by atoms with Crippen molar-refractivity contribution in [2.45, 2.75) is 11.7 Å². The van der Waals surface area contributed by atoms with Crippen molar-refractivity contribution in [1.29, 1.82) is 0 Å². The highest BCUT2D eigenvalue weighted by Gasteiger charge is 2.14. The van der Waals surface area contributed by atoms with E-state index in [2.05, 4.69) is 51.9 Å². The normalized spacial score (nSPS) is 11.1. The van der Waals surface area contributed by atoms with E-state index >= 15 is 0 Å². The van der Waals surface area contributed by atoms with Gasteiger partial charge in [-0.3, -0.25) is 9.97 Å². The molecule has 0 spiro atoms. The van der Waals surface area contributed by atoms with Crippen molar-refractivity contribution >= 4 is 47.0 Å². The Bertz CT molecular complexity index is 514. The molecule has 2 heterocycles. The van der Waals surface area contributed by atoms with Crippen LogP contribution in [0, 0.1) is 0 Å². The van der Waals surface area contributed by atoms with Crippen molar-refractivity contribution in [1.82, 2.24) is 9.97 Å². The number of nitrogens with zero attached hydrogens (tertiary/aromatic N) is 2. The second-order valence-electron chi connectivity index (χ2n) is 5.39. The highest BCUT2D eigenvalue weighted by Crippen LogP contribution is 2.35. The molecule has 2 aromatic heterocycles. The van der Waals surface area contributed by atoms with Crippen LogP contribution in [0.2, 0.25) is 0 Å². The zero-order chi connectivity index (χ0) is 17.6. The zero-order valence-electron chi connectivity index (χ0n) is 14.7. The molecule has 0 unspecified atom stereocenters. The minimum absolute atomic E-state index is 0.324. The maximum atomic E-state index is 4.29. The Morgan fingerprint density at radius 2 is 1.40 bits per heavy atom. The van der Waals surface area contributed by atoms with Gasteiger partial charge in [-0.2, -0.15) is 35.3 Å². The van der Waals surface area contributed by atoms with Crippen LogP contribution in [-0.2, 0) is 0 Å². The van der Waals surface area contributed by atoms with E-state index < -0.39 is 0 Å². The molecule has 0 saturated carbocycles. The molecule has 0 saturated heterocycles. The maximum absolute atomic E-state index is 4.29. The van der Waals surface area contributed by atoms with Crippen LogP contribution in [0.3, 0.4) is 0 Å². The van der Waals surface area contributed by atoms with Crippen molar-refractivity contribution in [2.24, 2.45) is 0 Å². The topological polar surface area (TPSA) is 25.8 Å². The number of aromatic nitrogens is 2. The van der Waals surface area contributed by atoms with E-state index in [-0.39, 0.29) is 0 Å². The molecule has 0 aliphatic carbocycles. The highest BCUT2D eigenvalue weighted by atomic mass is 32.2. The Hall–Kier alpha value is -0.300. The zero-order valence-corrected chi connectivity index (χ0v) is 17.9. The average Bonchev–Trinajstić information content (AvgIpc) is 2.67. The summed E-state index contributed by atoms with van der Waals surface area (Å²) in [7, 11) is 0. The fourth-order valence-electron chi connectivity index (χ4n) is 2.28. The molecule has 2 rings (SSSR count). The summed E-state index contributed by atoms with van der Waals surface area (Å²) < 4.78 is 0. The van der Waals surface area contributed by atoms with Crippen molar-refractivity contribution in [3.8, 4) is 0 Å². The van der Waals surface area contributed by atoms with Crippen molar-refractivity contribution < 1.29 is 0 Å². The van der Waals surface area contributed by atoms with Gasteiger partial charge < -0.3 is 0 Å². The summed E-state index contributed by atoms with van der Waals surface area (Å²) in [5.41, 5.74) is 2.52. The lowest BCUT2D eigenvalue weighted by Crippen LogP contribution is -2.00. The van der Waals surface area contributed by atoms with Gasteiger partial charge in [-0.05, 0) is 47.4 Å². The monoisotopic (exact) mass is 410 g/mol. The first-order valence-electron chi connectivity index (χ1n) is 8.47. The first-order valence-corrected chi connectivity index (χ1v) is 13.2. The minimum atomic E-state index is 0.324. The summed E-state index contributed by atoms with van der Waals surface area (Å²) >= 11 is 8.10. The predicted molar refractivity (Wildman–Crippen MR) is 120 cm³/mol. The van der Waals surface area contributed by atoms with Gasteiger partial charge in [0.05, 0.1) is 5.25 Å². The maximum Gasteiger partial charge on any atom is 0.0577 e. The van der Waals surface area contributed by atoms with Gasteiger partial charge in [0.2, 0.25) is 0 Å². The summed E-state index contributed by atoms with van der Waals surface area (Å²) in [6, 6.07) is 8.36. The van der Waals surface area contributed by atoms with Gasteiger partial charge in [0.25, 0.3) is 0 Å². The van der Waals surface area contributed by atoms with Crippen molar-refractivity contribution in [2.75, 3.05) is 40.8 Å². The van der Waals surface area contributed by atoms with E-state index in [0.29, 0.717) is 5.25 Å². The number of rotatable bonds is 13. The van der Waals surface area contributed by atoms with Crippen molar-refractivity contribution in [3.05, 3.63) is 60.2 Å². The first kappa shape index (κ1) is 21.0. The van der Waals surface area contributed by atoms with Crippen LogP contribution in [0.1, 0.15) is 22.8 Å². The largest absolute Gasteiger partial charge is 0.264 e. The number of hydrogen-bond donors (Lipinski definition) is 0. The third-order valence-electron chi connectivity index (χ3n) is 3.50.